The second-order valence-electron chi connectivity index (χ2n) is 13.7. The summed E-state index contributed by atoms with van der Waals surface area (Å²) in [6, 6.07) is 62.9. The highest BCUT2D eigenvalue weighted by atomic mass is 14.9. The topological polar surface area (TPSA) is 8.82 Å². The molecule has 12 aromatic rings. The molecular formula is C48H28N2. The van der Waals surface area contributed by atoms with E-state index in [1.54, 1.807) is 0 Å². The van der Waals surface area contributed by atoms with Crippen molar-refractivity contribution in [1.82, 2.24) is 8.80 Å². The van der Waals surface area contributed by atoms with Gasteiger partial charge in [-0.05, 0) is 69.8 Å². The number of benzene rings is 8. The van der Waals surface area contributed by atoms with Crippen LogP contribution in [0.25, 0.3) is 110 Å². The Hall–Kier alpha value is -6.64. The summed E-state index contributed by atoms with van der Waals surface area (Å²) in [5.74, 6) is 0. The Kier molecular flexibility index (Phi) is 5.00. The highest BCUT2D eigenvalue weighted by Crippen LogP contribution is 2.44. The monoisotopic (exact) mass is 632 g/mol. The molecule has 4 aromatic heterocycles. The van der Waals surface area contributed by atoms with E-state index in [9.17, 15) is 0 Å². The third kappa shape index (κ3) is 3.37. The molecule has 0 bridgehead atoms. The molecule has 0 atom stereocenters. The molecule has 2 nitrogen and oxygen atoms in total. The summed E-state index contributed by atoms with van der Waals surface area (Å²) in [5, 5.41) is 10.4. The number of hydrogen-bond donors (Lipinski definition) is 0. The van der Waals surface area contributed by atoms with E-state index in [1.165, 1.54) is 110 Å². The summed E-state index contributed by atoms with van der Waals surface area (Å²) in [7, 11) is 0. The number of fused-ring (bicyclic) bond motifs is 12. The summed E-state index contributed by atoms with van der Waals surface area (Å²) in [6.45, 7) is 0. The van der Waals surface area contributed by atoms with Gasteiger partial charge < -0.3 is 8.80 Å². The summed E-state index contributed by atoms with van der Waals surface area (Å²) < 4.78 is 4.97. The minimum absolute atomic E-state index is 1.24. The van der Waals surface area contributed by atoms with Crippen LogP contribution in [0.15, 0.2) is 170 Å². The summed E-state index contributed by atoms with van der Waals surface area (Å²) in [6.07, 6.45) is 0. The molecule has 0 saturated heterocycles. The van der Waals surface area contributed by atoms with Crippen LogP contribution < -0.4 is 0 Å². The van der Waals surface area contributed by atoms with Crippen molar-refractivity contribution < 1.29 is 0 Å². The fourth-order valence-electron chi connectivity index (χ4n) is 8.94. The molecule has 0 fully saturated rings. The normalized spacial score (nSPS) is 12.4. The van der Waals surface area contributed by atoms with Crippen LogP contribution in [0.2, 0.25) is 0 Å². The third-order valence-electron chi connectivity index (χ3n) is 11.2. The molecule has 12 rings (SSSR count). The molecular weight excluding hydrogens is 605 g/mol. The number of nitrogens with zero attached hydrogens (tertiary/aromatic N) is 2. The fourth-order valence-corrected chi connectivity index (χ4v) is 8.94. The van der Waals surface area contributed by atoms with Gasteiger partial charge in [0.15, 0.2) is 0 Å². The molecule has 0 radical (unpaired) electrons. The Labute approximate surface area is 287 Å². The first kappa shape index (κ1) is 26.3. The third-order valence-corrected chi connectivity index (χ3v) is 11.2. The van der Waals surface area contributed by atoms with E-state index in [0.29, 0.717) is 0 Å². The predicted octanol–water partition coefficient (Wildman–Crippen LogP) is 13.0. The van der Waals surface area contributed by atoms with Crippen LogP contribution in [0.3, 0.4) is 0 Å². The van der Waals surface area contributed by atoms with E-state index in [0.717, 1.165) is 0 Å². The number of para-hydroxylation sites is 2. The van der Waals surface area contributed by atoms with Crippen molar-refractivity contribution in [2.75, 3.05) is 0 Å². The highest BCUT2D eigenvalue weighted by molar-refractivity contribution is 6.25. The van der Waals surface area contributed by atoms with Crippen LogP contribution in [0.5, 0.6) is 0 Å². The molecule has 0 spiro atoms. The van der Waals surface area contributed by atoms with Gasteiger partial charge in [-0.1, -0.05) is 133 Å². The van der Waals surface area contributed by atoms with Gasteiger partial charge in [-0.3, -0.25) is 0 Å². The molecule has 0 N–H and O–H groups in total. The lowest BCUT2D eigenvalue weighted by Crippen LogP contribution is -1.85. The van der Waals surface area contributed by atoms with Gasteiger partial charge in [0.1, 0.15) is 0 Å². The molecule has 2 heteroatoms. The van der Waals surface area contributed by atoms with Gasteiger partial charge in [-0.15, -0.1) is 0 Å². The standard InChI is InChI=1S/C48H28N2/c1-3-9-29(10-4-1)33-17-21-35-37-13-7-15-39-41-25-31(19-23-43(41)49(47(37)39)45(35)27-33)32-20-24-44-42(26-32)40-16-8-14-38-36-22-18-34(30-11-5-2-6-12-30)28-46(36)50(44)48(38)40/h1-28H. The van der Waals surface area contributed by atoms with Crippen LogP contribution in [-0.4, -0.2) is 8.80 Å². The van der Waals surface area contributed by atoms with E-state index >= 15 is 0 Å². The summed E-state index contributed by atoms with van der Waals surface area (Å²) in [5.41, 5.74) is 15.1. The second kappa shape index (κ2) is 9.49. The zero-order valence-corrected chi connectivity index (χ0v) is 27.1. The van der Waals surface area contributed by atoms with Crippen molar-refractivity contribution in [3.8, 4) is 33.4 Å². The van der Waals surface area contributed by atoms with E-state index in [-0.39, 0.29) is 0 Å². The van der Waals surface area contributed by atoms with Crippen molar-refractivity contribution in [1.29, 1.82) is 0 Å². The van der Waals surface area contributed by atoms with Gasteiger partial charge in [0, 0.05) is 43.1 Å². The largest absolute Gasteiger partial charge is 0.308 e. The first-order valence-corrected chi connectivity index (χ1v) is 17.4. The van der Waals surface area contributed by atoms with Crippen molar-refractivity contribution in [2.45, 2.75) is 0 Å². The minimum Gasteiger partial charge on any atom is -0.308 e. The molecule has 50 heavy (non-hydrogen) atoms. The average molecular weight is 633 g/mol. The smallest absolute Gasteiger partial charge is 0.0620 e. The number of hydrogen-bond acceptors (Lipinski definition) is 0. The Morgan fingerprint density at radius 3 is 1.04 bits per heavy atom. The Morgan fingerprint density at radius 2 is 0.600 bits per heavy atom. The van der Waals surface area contributed by atoms with Crippen LogP contribution in [0.1, 0.15) is 0 Å². The van der Waals surface area contributed by atoms with Crippen molar-refractivity contribution >= 4 is 76.2 Å². The predicted molar refractivity (Wildman–Crippen MR) is 212 cm³/mol. The number of aromatic nitrogens is 2. The average Bonchev–Trinajstić information content (AvgIpc) is 3.91. The van der Waals surface area contributed by atoms with Crippen LogP contribution in [0.4, 0.5) is 0 Å². The lowest BCUT2D eigenvalue weighted by molar-refractivity contribution is 1.37. The van der Waals surface area contributed by atoms with Gasteiger partial charge in [-0.2, -0.15) is 0 Å². The maximum Gasteiger partial charge on any atom is 0.0620 e. The highest BCUT2D eigenvalue weighted by Gasteiger charge is 2.20. The van der Waals surface area contributed by atoms with Gasteiger partial charge in [0.2, 0.25) is 0 Å². The minimum atomic E-state index is 1.24. The van der Waals surface area contributed by atoms with E-state index in [1.807, 2.05) is 0 Å². The SMILES string of the molecule is c1ccc(-c2ccc3c4cccc5c6cc(-c7ccc8c(c7)c7cccc9c%10ccc(-c%11ccccc%11)cc%10n8c79)ccc6n(c3c2)c54)cc1. The van der Waals surface area contributed by atoms with Crippen molar-refractivity contribution in [3.63, 3.8) is 0 Å². The Morgan fingerprint density at radius 1 is 0.220 bits per heavy atom. The lowest BCUT2D eigenvalue weighted by Gasteiger charge is -2.07. The van der Waals surface area contributed by atoms with E-state index in [4.69, 9.17) is 0 Å². The first-order valence-electron chi connectivity index (χ1n) is 17.4. The fraction of sp³-hybridized carbons (Fsp3) is 0. The summed E-state index contributed by atoms with van der Waals surface area (Å²) >= 11 is 0. The molecule has 8 aromatic carbocycles. The lowest BCUT2D eigenvalue weighted by atomic mass is 9.99. The molecule has 0 saturated carbocycles. The van der Waals surface area contributed by atoms with E-state index < -0.39 is 0 Å². The van der Waals surface area contributed by atoms with E-state index in [2.05, 4.69) is 179 Å². The van der Waals surface area contributed by atoms with Crippen molar-refractivity contribution in [3.05, 3.63) is 170 Å². The Bertz CT molecular complexity index is 3070. The van der Waals surface area contributed by atoms with Gasteiger partial charge in [0.05, 0.1) is 33.1 Å². The molecule has 0 unspecified atom stereocenters. The summed E-state index contributed by atoms with van der Waals surface area (Å²) in [4.78, 5) is 0. The molecule has 230 valence electrons. The maximum absolute atomic E-state index is 2.48. The molecule has 4 heterocycles. The number of rotatable bonds is 3. The molecule has 0 aliphatic rings. The zero-order chi connectivity index (χ0) is 32.5. The molecule has 0 amide bonds. The zero-order valence-electron chi connectivity index (χ0n) is 27.1. The van der Waals surface area contributed by atoms with Crippen LogP contribution >= 0.6 is 0 Å². The van der Waals surface area contributed by atoms with Gasteiger partial charge >= 0.3 is 0 Å². The van der Waals surface area contributed by atoms with Crippen LogP contribution in [-0.2, 0) is 0 Å². The second-order valence-corrected chi connectivity index (χ2v) is 13.7. The maximum atomic E-state index is 2.48. The first-order chi connectivity index (χ1) is 24.8. The molecule has 0 aliphatic carbocycles. The van der Waals surface area contributed by atoms with Crippen LogP contribution in [0, 0.1) is 0 Å². The molecule has 0 aliphatic heterocycles. The van der Waals surface area contributed by atoms with Gasteiger partial charge in [0.25, 0.3) is 0 Å². The Balaban J connectivity index is 1.07. The quantitative estimate of drug-likeness (QED) is 0.183. The van der Waals surface area contributed by atoms with Gasteiger partial charge in [-0.25, -0.2) is 0 Å². The van der Waals surface area contributed by atoms with Crippen molar-refractivity contribution in [2.24, 2.45) is 0 Å².